The number of aromatic nitrogens is 2. The number of rotatable bonds is 4. The third-order valence-corrected chi connectivity index (χ3v) is 6.68. The molecule has 1 saturated heterocycles. The van der Waals surface area contributed by atoms with Crippen LogP contribution < -0.4 is 15.4 Å². The zero-order chi connectivity index (χ0) is 21.7. The van der Waals surface area contributed by atoms with Gasteiger partial charge in [0.05, 0.1) is 34.7 Å². The highest BCUT2D eigenvalue weighted by atomic mass is 32.1. The molecule has 160 valence electrons. The van der Waals surface area contributed by atoms with Crippen molar-refractivity contribution in [3.63, 3.8) is 0 Å². The third-order valence-electron chi connectivity index (χ3n) is 5.67. The average Bonchev–Trinajstić information content (AvgIpc) is 3.46. The fourth-order valence-electron chi connectivity index (χ4n) is 4.06. The Kier molecular flexibility index (Phi) is 4.88. The zero-order valence-electron chi connectivity index (χ0n) is 17.0. The van der Waals surface area contributed by atoms with E-state index in [0.717, 1.165) is 15.8 Å². The molecule has 4 aromatic rings. The molecule has 2 aromatic carbocycles. The summed E-state index contributed by atoms with van der Waals surface area (Å²) in [5.41, 5.74) is 3.06. The number of hydrogen-bond acceptors (Lipinski definition) is 6. The van der Waals surface area contributed by atoms with Gasteiger partial charge >= 0.3 is 0 Å². The first-order valence-electron chi connectivity index (χ1n) is 9.91. The Labute approximate surface area is 181 Å². The van der Waals surface area contributed by atoms with E-state index in [9.17, 15) is 14.3 Å². The summed E-state index contributed by atoms with van der Waals surface area (Å²) >= 11 is 1.42. The van der Waals surface area contributed by atoms with Gasteiger partial charge in [0.2, 0.25) is 0 Å². The van der Waals surface area contributed by atoms with E-state index in [0.29, 0.717) is 40.5 Å². The molecule has 2 aromatic heterocycles. The highest BCUT2D eigenvalue weighted by Gasteiger charge is 2.24. The van der Waals surface area contributed by atoms with Gasteiger partial charge in [0.15, 0.2) is 4.96 Å². The number of amides is 1. The van der Waals surface area contributed by atoms with Gasteiger partial charge in [-0.15, -0.1) is 0 Å². The maximum Gasteiger partial charge on any atom is 0.254 e. The van der Waals surface area contributed by atoms with Crippen LogP contribution in [-0.4, -0.2) is 47.2 Å². The molecule has 1 aliphatic heterocycles. The van der Waals surface area contributed by atoms with E-state index in [2.05, 4.69) is 15.6 Å². The smallest absolute Gasteiger partial charge is 0.254 e. The number of benzene rings is 2. The molecular formula is C22H21FN4O3S. The number of carbonyl (C=O) groups is 1. The van der Waals surface area contributed by atoms with Gasteiger partial charge < -0.3 is 20.5 Å². The lowest BCUT2D eigenvalue weighted by molar-refractivity contribution is 0.0960. The zero-order valence-corrected chi connectivity index (χ0v) is 17.8. The topological polar surface area (TPSA) is 87.9 Å². The fourth-order valence-corrected chi connectivity index (χ4v) is 5.09. The Bertz CT molecular complexity index is 1320. The molecule has 1 aliphatic rings. The second-order valence-electron chi connectivity index (χ2n) is 7.57. The Morgan fingerprint density at radius 1 is 1.39 bits per heavy atom. The molecule has 1 fully saturated rings. The van der Waals surface area contributed by atoms with Crippen molar-refractivity contribution >= 4 is 32.4 Å². The minimum Gasteiger partial charge on any atom is -0.496 e. The quantitative estimate of drug-likeness (QED) is 0.454. The largest absolute Gasteiger partial charge is 0.496 e. The minimum absolute atomic E-state index is 0.0463. The van der Waals surface area contributed by atoms with Crippen LogP contribution in [0.5, 0.6) is 5.75 Å². The number of halogens is 1. The normalized spacial score (nSPS) is 18.7. The lowest BCUT2D eigenvalue weighted by Gasteiger charge is -2.11. The first kappa shape index (κ1) is 19.9. The maximum absolute atomic E-state index is 14.9. The number of aliphatic hydroxyl groups is 1. The molecule has 0 unspecified atom stereocenters. The van der Waals surface area contributed by atoms with E-state index >= 15 is 0 Å². The van der Waals surface area contributed by atoms with Crippen molar-refractivity contribution in [1.82, 2.24) is 20.0 Å². The van der Waals surface area contributed by atoms with Gasteiger partial charge in [-0.2, -0.15) is 0 Å². The molecule has 0 aliphatic carbocycles. The van der Waals surface area contributed by atoms with Crippen LogP contribution in [0.25, 0.3) is 26.4 Å². The van der Waals surface area contributed by atoms with E-state index in [4.69, 9.17) is 4.74 Å². The number of aliphatic hydroxyl groups excluding tert-OH is 1. The van der Waals surface area contributed by atoms with Crippen LogP contribution in [0.15, 0.2) is 36.5 Å². The minimum atomic E-state index is -0.401. The second kappa shape index (κ2) is 7.60. The Balaban J connectivity index is 1.55. The van der Waals surface area contributed by atoms with E-state index in [1.807, 2.05) is 10.5 Å². The van der Waals surface area contributed by atoms with Gasteiger partial charge in [-0.3, -0.25) is 9.20 Å². The van der Waals surface area contributed by atoms with Crippen LogP contribution in [0.3, 0.4) is 0 Å². The van der Waals surface area contributed by atoms with Crippen LogP contribution >= 0.6 is 11.3 Å². The standard InChI is InChI=1S/C22H21FN4O3S/c1-24-21(29)14-7-20-18(8-19(14)30-2)27-10-17(26-22(27)31-20)13-4-3-11(5-15(13)23)16-6-12(28)9-25-16/h3-5,7-8,10,12,16,25,28H,6,9H2,1-2H3,(H,24,29)/t12-,16-/m0/s1. The monoisotopic (exact) mass is 440 g/mol. The molecule has 1 amide bonds. The fraction of sp³-hybridized carbons (Fsp3) is 0.273. The molecule has 2 atom stereocenters. The van der Waals surface area contributed by atoms with Gasteiger partial charge in [-0.25, -0.2) is 9.37 Å². The van der Waals surface area contributed by atoms with Gasteiger partial charge in [-0.05, 0) is 30.2 Å². The number of ether oxygens (including phenoxy) is 1. The summed E-state index contributed by atoms with van der Waals surface area (Å²) in [7, 11) is 3.09. The second-order valence-corrected chi connectivity index (χ2v) is 8.58. The summed E-state index contributed by atoms with van der Waals surface area (Å²) in [5.74, 6) is -0.115. The number of fused-ring (bicyclic) bond motifs is 3. The summed E-state index contributed by atoms with van der Waals surface area (Å²) < 4.78 is 23.1. The number of carbonyl (C=O) groups excluding carboxylic acids is 1. The predicted octanol–water partition coefficient (Wildman–Crippen LogP) is 3.12. The van der Waals surface area contributed by atoms with E-state index in [1.165, 1.54) is 24.5 Å². The van der Waals surface area contributed by atoms with Gasteiger partial charge in [0, 0.05) is 37.5 Å². The van der Waals surface area contributed by atoms with Crippen molar-refractivity contribution < 1.29 is 19.0 Å². The van der Waals surface area contributed by atoms with Crippen LogP contribution in [0.2, 0.25) is 0 Å². The highest BCUT2D eigenvalue weighted by Crippen LogP contribution is 2.35. The molecule has 0 radical (unpaired) electrons. The van der Waals surface area contributed by atoms with Crippen molar-refractivity contribution in [3.8, 4) is 17.0 Å². The predicted molar refractivity (Wildman–Crippen MR) is 117 cm³/mol. The number of β-amino-alcohol motifs (C(OH)–C–C–N with tert-alkyl or cyclic N) is 1. The van der Waals surface area contributed by atoms with Crippen molar-refractivity contribution in [2.75, 3.05) is 20.7 Å². The average molecular weight is 441 g/mol. The molecule has 9 heteroatoms. The van der Waals surface area contributed by atoms with E-state index < -0.39 is 6.10 Å². The summed E-state index contributed by atoms with van der Waals surface area (Å²) in [6.07, 6.45) is 1.97. The molecule has 0 spiro atoms. The van der Waals surface area contributed by atoms with E-state index in [-0.39, 0.29) is 17.8 Å². The molecule has 31 heavy (non-hydrogen) atoms. The first-order chi connectivity index (χ1) is 15.0. The maximum atomic E-state index is 14.9. The Morgan fingerprint density at radius 2 is 2.23 bits per heavy atom. The highest BCUT2D eigenvalue weighted by molar-refractivity contribution is 7.23. The van der Waals surface area contributed by atoms with Crippen molar-refractivity contribution in [1.29, 1.82) is 0 Å². The van der Waals surface area contributed by atoms with E-state index in [1.54, 1.807) is 31.4 Å². The number of thiazole rings is 1. The van der Waals surface area contributed by atoms with Crippen LogP contribution in [0.4, 0.5) is 4.39 Å². The molecule has 0 bridgehead atoms. The third kappa shape index (κ3) is 3.34. The lowest BCUT2D eigenvalue weighted by Crippen LogP contribution is -2.18. The summed E-state index contributed by atoms with van der Waals surface area (Å²) in [6.45, 7) is 0.517. The molecule has 5 rings (SSSR count). The number of methoxy groups -OCH3 is 1. The van der Waals surface area contributed by atoms with Crippen molar-refractivity contribution in [3.05, 3.63) is 53.5 Å². The van der Waals surface area contributed by atoms with Gasteiger partial charge in [0.25, 0.3) is 5.91 Å². The SMILES string of the molecule is CNC(=O)c1cc2sc3nc(-c4ccc([C@@H]5C[C@H](O)CN5)cc4F)cn3c2cc1OC. The Morgan fingerprint density at radius 3 is 2.90 bits per heavy atom. The number of imidazole rings is 1. The molecule has 0 saturated carbocycles. The van der Waals surface area contributed by atoms with Crippen LogP contribution in [0.1, 0.15) is 28.4 Å². The molecule has 7 nitrogen and oxygen atoms in total. The first-order valence-corrected chi connectivity index (χ1v) is 10.7. The van der Waals surface area contributed by atoms with Gasteiger partial charge in [0.1, 0.15) is 11.6 Å². The number of nitrogens with zero attached hydrogens (tertiary/aromatic N) is 2. The van der Waals surface area contributed by atoms with Crippen LogP contribution in [0, 0.1) is 5.82 Å². The lowest BCUT2D eigenvalue weighted by atomic mass is 10.0. The molecular weight excluding hydrogens is 419 g/mol. The van der Waals surface area contributed by atoms with Crippen molar-refractivity contribution in [2.24, 2.45) is 0 Å². The molecule has 3 heterocycles. The number of hydrogen-bond donors (Lipinski definition) is 3. The number of nitrogens with one attached hydrogen (secondary N) is 2. The van der Waals surface area contributed by atoms with Gasteiger partial charge in [-0.1, -0.05) is 17.4 Å². The summed E-state index contributed by atoms with van der Waals surface area (Å²) in [4.78, 5) is 17.5. The molecule has 3 N–H and O–H groups in total. The van der Waals surface area contributed by atoms with Crippen LogP contribution in [-0.2, 0) is 0 Å². The summed E-state index contributed by atoms with van der Waals surface area (Å²) in [5, 5.41) is 15.5. The van der Waals surface area contributed by atoms with Crippen molar-refractivity contribution in [2.45, 2.75) is 18.6 Å². The Hall–Kier alpha value is -3.01. The summed E-state index contributed by atoms with van der Waals surface area (Å²) in [6, 6.07) is 8.65.